The molecule has 1 unspecified atom stereocenters. The van der Waals surface area contributed by atoms with E-state index < -0.39 is 40.4 Å². The first-order valence-electron chi connectivity index (χ1n) is 11.2. The van der Waals surface area contributed by atoms with Crippen LogP contribution in [0.1, 0.15) is 32.1 Å². The van der Waals surface area contributed by atoms with Crippen LogP contribution in [-0.4, -0.2) is 56.9 Å². The highest BCUT2D eigenvalue weighted by Gasteiger charge is 2.39. The van der Waals surface area contributed by atoms with E-state index in [4.69, 9.17) is 9.47 Å². The van der Waals surface area contributed by atoms with Crippen molar-refractivity contribution in [2.75, 3.05) is 25.1 Å². The number of nitrogens with zero attached hydrogens (tertiary/aromatic N) is 2. The second-order valence-electron chi connectivity index (χ2n) is 8.40. The minimum Gasteiger partial charge on any atom is -0.475 e. The smallest absolute Gasteiger partial charge is 0.348 e. The molecule has 10 heteroatoms. The van der Waals surface area contributed by atoms with Crippen molar-refractivity contribution in [2.24, 2.45) is 0 Å². The average molecular weight is 491 g/mol. The molecule has 0 radical (unpaired) electrons. The Morgan fingerprint density at radius 2 is 1.76 bits per heavy atom. The van der Waals surface area contributed by atoms with Gasteiger partial charge in [-0.25, -0.2) is 17.6 Å². The lowest BCUT2D eigenvalue weighted by molar-refractivity contribution is -0.148. The number of sulfonamides is 1. The number of fused-ring (bicyclic) bond motifs is 1. The number of ether oxygens (including phenoxy) is 2. The second-order valence-corrected chi connectivity index (χ2v) is 10.3. The summed E-state index contributed by atoms with van der Waals surface area (Å²) in [4.78, 5) is 27.0. The van der Waals surface area contributed by atoms with Gasteiger partial charge in [0.05, 0.1) is 30.8 Å². The summed E-state index contributed by atoms with van der Waals surface area (Å²) >= 11 is 0. The predicted molar refractivity (Wildman–Crippen MR) is 122 cm³/mol. The summed E-state index contributed by atoms with van der Waals surface area (Å²) in [7, 11) is -2.83. The third-order valence-corrected chi connectivity index (χ3v) is 8.14. The number of para-hydroxylation sites is 2. The highest BCUT2D eigenvalue weighted by molar-refractivity contribution is 7.89. The van der Waals surface area contributed by atoms with Gasteiger partial charge in [0.1, 0.15) is 11.6 Å². The zero-order chi connectivity index (χ0) is 24.3. The van der Waals surface area contributed by atoms with Crippen LogP contribution in [0.4, 0.5) is 10.1 Å². The Balaban J connectivity index is 1.66. The molecule has 0 saturated heterocycles. The molecule has 1 saturated carbocycles. The molecule has 2 aliphatic rings. The first-order chi connectivity index (χ1) is 16.3. The Kier molecular flexibility index (Phi) is 7.18. The van der Waals surface area contributed by atoms with Crippen LogP contribution in [0.25, 0.3) is 0 Å². The first kappa shape index (κ1) is 24.2. The Morgan fingerprint density at radius 3 is 2.44 bits per heavy atom. The van der Waals surface area contributed by atoms with E-state index in [0.717, 1.165) is 31.4 Å². The molecular weight excluding hydrogens is 463 g/mol. The largest absolute Gasteiger partial charge is 0.475 e. The third-order valence-electron chi connectivity index (χ3n) is 6.23. The van der Waals surface area contributed by atoms with Crippen molar-refractivity contribution < 1.29 is 31.9 Å². The fraction of sp³-hybridized carbons (Fsp3) is 0.417. The van der Waals surface area contributed by atoms with Crippen LogP contribution in [0.15, 0.2) is 53.4 Å². The molecule has 1 atom stereocenters. The Labute approximate surface area is 198 Å². The van der Waals surface area contributed by atoms with E-state index in [1.807, 2.05) is 0 Å². The maximum Gasteiger partial charge on any atom is 0.348 e. The average Bonchev–Trinajstić information content (AvgIpc) is 2.86. The second kappa shape index (κ2) is 10.1. The van der Waals surface area contributed by atoms with Gasteiger partial charge in [0.2, 0.25) is 22.0 Å². The summed E-state index contributed by atoms with van der Waals surface area (Å²) in [5, 5.41) is 0. The molecule has 0 bridgehead atoms. The van der Waals surface area contributed by atoms with E-state index in [0.29, 0.717) is 24.3 Å². The van der Waals surface area contributed by atoms with Crippen LogP contribution in [0.2, 0.25) is 0 Å². The minimum atomic E-state index is -4.07. The Hall–Kier alpha value is -2.98. The van der Waals surface area contributed by atoms with Gasteiger partial charge in [-0.3, -0.25) is 4.79 Å². The third kappa shape index (κ3) is 4.92. The molecule has 1 heterocycles. The van der Waals surface area contributed by atoms with Crippen LogP contribution < -0.4 is 9.64 Å². The number of hydrogen-bond donors (Lipinski definition) is 0. The van der Waals surface area contributed by atoms with Gasteiger partial charge in [0.15, 0.2) is 0 Å². The highest BCUT2D eigenvalue weighted by Crippen LogP contribution is 2.34. The number of amides is 1. The SMILES string of the molecule is COC(=O)C1CN(C(=O)CN(C2CCCCC2)S(=O)(=O)c2ccc(F)cc2)c2ccccc2O1. The van der Waals surface area contributed by atoms with E-state index >= 15 is 0 Å². The number of halogens is 1. The number of carbonyl (C=O) groups is 2. The van der Waals surface area contributed by atoms with E-state index in [1.165, 1.54) is 28.4 Å². The van der Waals surface area contributed by atoms with Gasteiger partial charge in [0, 0.05) is 6.04 Å². The number of rotatable bonds is 6. The van der Waals surface area contributed by atoms with Crippen LogP contribution in [0, 0.1) is 5.82 Å². The predicted octanol–water partition coefficient (Wildman–Crippen LogP) is 3.12. The molecule has 4 rings (SSSR count). The maximum absolute atomic E-state index is 13.6. The van der Waals surface area contributed by atoms with Crippen LogP contribution in [-0.2, 0) is 24.3 Å². The van der Waals surface area contributed by atoms with Crippen molar-refractivity contribution >= 4 is 27.6 Å². The van der Waals surface area contributed by atoms with Crippen molar-refractivity contribution in [1.29, 1.82) is 0 Å². The lowest BCUT2D eigenvalue weighted by atomic mass is 9.95. The Bertz CT molecular complexity index is 1150. The number of benzene rings is 2. The van der Waals surface area contributed by atoms with Gasteiger partial charge >= 0.3 is 5.97 Å². The quantitative estimate of drug-likeness (QED) is 0.578. The van der Waals surface area contributed by atoms with Crippen molar-refractivity contribution in [3.05, 3.63) is 54.3 Å². The van der Waals surface area contributed by atoms with Gasteiger partial charge in [-0.15, -0.1) is 0 Å². The zero-order valence-electron chi connectivity index (χ0n) is 18.9. The summed E-state index contributed by atoms with van der Waals surface area (Å²) < 4.78 is 52.3. The molecule has 0 N–H and O–H groups in total. The minimum absolute atomic E-state index is 0.0675. The van der Waals surface area contributed by atoms with E-state index in [9.17, 15) is 22.4 Å². The number of methoxy groups -OCH3 is 1. The van der Waals surface area contributed by atoms with Gasteiger partial charge in [0.25, 0.3) is 0 Å². The summed E-state index contributed by atoms with van der Waals surface area (Å²) in [6, 6.07) is 11.0. The number of anilines is 1. The molecular formula is C24H27FN2O6S. The van der Waals surface area contributed by atoms with Crippen LogP contribution in [0.3, 0.4) is 0 Å². The van der Waals surface area contributed by atoms with Gasteiger partial charge in [-0.1, -0.05) is 31.4 Å². The lowest BCUT2D eigenvalue weighted by Crippen LogP contribution is -2.52. The number of hydrogen-bond acceptors (Lipinski definition) is 6. The van der Waals surface area contributed by atoms with E-state index in [1.54, 1.807) is 24.3 Å². The van der Waals surface area contributed by atoms with Crippen molar-refractivity contribution in [3.8, 4) is 5.75 Å². The molecule has 0 aromatic heterocycles. The summed E-state index contributed by atoms with van der Waals surface area (Å²) in [5.41, 5.74) is 0.454. The summed E-state index contributed by atoms with van der Waals surface area (Å²) in [6.07, 6.45) is 2.97. The molecule has 1 aliphatic heterocycles. The first-order valence-corrected chi connectivity index (χ1v) is 12.7. The van der Waals surface area contributed by atoms with Crippen LogP contribution >= 0.6 is 0 Å². The van der Waals surface area contributed by atoms with Gasteiger partial charge in [-0.2, -0.15) is 4.31 Å². The molecule has 0 spiro atoms. The van der Waals surface area contributed by atoms with Crippen molar-refractivity contribution in [1.82, 2.24) is 4.31 Å². The standard InChI is InChI=1S/C24H27FN2O6S/c1-32-24(29)22-15-26(20-9-5-6-10-21(20)33-22)23(28)16-27(18-7-3-2-4-8-18)34(30,31)19-13-11-17(25)12-14-19/h5-6,9-14,18,22H,2-4,7-8,15-16H2,1H3. The summed E-state index contributed by atoms with van der Waals surface area (Å²) in [6.45, 7) is -0.510. The monoisotopic (exact) mass is 490 g/mol. The molecule has 1 amide bonds. The van der Waals surface area contributed by atoms with E-state index in [-0.39, 0.29) is 17.5 Å². The van der Waals surface area contributed by atoms with Gasteiger partial charge < -0.3 is 14.4 Å². The molecule has 2 aromatic carbocycles. The molecule has 34 heavy (non-hydrogen) atoms. The zero-order valence-corrected chi connectivity index (χ0v) is 19.7. The van der Waals surface area contributed by atoms with E-state index in [2.05, 4.69) is 0 Å². The highest BCUT2D eigenvalue weighted by atomic mass is 32.2. The summed E-state index contributed by atoms with van der Waals surface area (Å²) in [5.74, 6) is -1.32. The lowest BCUT2D eigenvalue weighted by Gasteiger charge is -2.37. The van der Waals surface area contributed by atoms with Crippen molar-refractivity contribution in [3.63, 3.8) is 0 Å². The topological polar surface area (TPSA) is 93.2 Å². The molecule has 1 aliphatic carbocycles. The number of esters is 1. The fourth-order valence-corrected chi connectivity index (χ4v) is 6.10. The van der Waals surface area contributed by atoms with Crippen LogP contribution in [0.5, 0.6) is 5.75 Å². The molecule has 182 valence electrons. The fourth-order valence-electron chi connectivity index (χ4n) is 4.46. The van der Waals surface area contributed by atoms with Gasteiger partial charge in [-0.05, 0) is 49.2 Å². The van der Waals surface area contributed by atoms with Crippen molar-refractivity contribution in [2.45, 2.75) is 49.1 Å². The maximum atomic E-state index is 13.6. The molecule has 2 aromatic rings. The normalized spacial score (nSPS) is 18.8. The molecule has 1 fully saturated rings. The Morgan fingerprint density at radius 1 is 1.09 bits per heavy atom. The molecule has 8 nitrogen and oxygen atoms in total. The number of carbonyl (C=O) groups excluding carboxylic acids is 2.